The summed E-state index contributed by atoms with van der Waals surface area (Å²) < 4.78 is 0. The summed E-state index contributed by atoms with van der Waals surface area (Å²) >= 11 is 0. The van der Waals surface area contributed by atoms with Gasteiger partial charge in [0.15, 0.2) is 0 Å². The lowest BCUT2D eigenvalue weighted by Crippen LogP contribution is -2.52. The molecular weight excluding hydrogens is 600 g/mol. The number of carboxylic acids is 1. The number of hydrogen-bond acceptors (Lipinski definition) is 8. The van der Waals surface area contributed by atoms with Crippen LogP contribution < -0.4 is 32.3 Å². The van der Waals surface area contributed by atoms with Crippen LogP contribution >= 0.6 is 0 Å². The Morgan fingerprint density at radius 2 is 1.35 bits per heavy atom. The molecule has 6 amide bonds. The minimum absolute atomic E-state index is 0.0753. The highest BCUT2D eigenvalue weighted by molar-refractivity contribution is 6.00. The van der Waals surface area contributed by atoms with Crippen molar-refractivity contribution in [2.24, 2.45) is 5.73 Å². The maximum Gasteiger partial charge on any atom is 0.326 e. The lowest BCUT2D eigenvalue weighted by atomic mass is 10.1. The van der Waals surface area contributed by atoms with Crippen LogP contribution in [0.4, 0.5) is 0 Å². The van der Waals surface area contributed by atoms with E-state index >= 15 is 0 Å². The van der Waals surface area contributed by atoms with Crippen molar-refractivity contribution in [3.63, 3.8) is 0 Å². The monoisotopic (exact) mass is 638 g/mol. The fourth-order valence-corrected chi connectivity index (χ4v) is 4.18. The molecule has 8 N–H and O–H groups in total. The van der Waals surface area contributed by atoms with Crippen LogP contribution in [0, 0.1) is 6.92 Å². The Morgan fingerprint density at radius 3 is 1.98 bits per heavy atom. The molecule has 0 spiro atoms. The third-order valence-electron chi connectivity index (χ3n) is 6.59. The number of aldehydes is 1. The number of unbranched alkanes of at least 4 members (excludes halogenated alkanes) is 1. The summed E-state index contributed by atoms with van der Waals surface area (Å²) in [6.07, 6.45) is 1.26. The van der Waals surface area contributed by atoms with Crippen LogP contribution in [0.2, 0.25) is 0 Å². The maximum atomic E-state index is 12.7. The van der Waals surface area contributed by atoms with E-state index in [9.17, 15) is 43.5 Å². The first-order valence-electron chi connectivity index (χ1n) is 14.5. The summed E-state index contributed by atoms with van der Waals surface area (Å²) in [7, 11) is 0. The number of primary amides is 1. The van der Waals surface area contributed by atoms with Gasteiger partial charge in [-0.1, -0.05) is 23.8 Å². The number of benzene rings is 2. The lowest BCUT2D eigenvalue weighted by Gasteiger charge is -2.19. The van der Waals surface area contributed by atoms with Crippen molar-refractivity contribution in [2.45, 2.75) is 51.1 Å². The van der Waals surface area contributed by atoms with Gasteiger partial charge >= 0.3 is 5.97 Å². The Balaban J connectivity index is 1.79. The number of nitrogens with two attached hydrogens (primary N) is 1. The zero-order valence-electron chi connectivity index (χ0n) is 25.3. The summed E-state index contributed by atoms with van der Waals surface area (Å²) in [6, 6.07) is 10.1. The summed E-state index contributed by atoms with van der Waals surface area (Å²) in [6.45, 7) is 1.04. The largest absolute Gasteiger partial charge is 0.480 e. The highest BCUT2D eigenvalue weighted by Gasteiger charge is 2.23. The molecule has 0 heterocycles. The highest BCUT2D eigenvalue weighted by atomic mass is 16.4. The second-order valence-corrected chi connectivity index (χ2v) is 10.3. The molecule has 1 unspecified atom stereocenters. The zero-order valence-corrected chi connectivity index (χ0v) is 25.3. The third kappa shape index (κ3) is 13.0. The number of hydrogen-bond donors (Lipinski definition) is 7. The van der Waals surface area contributed by atoms with E-state index in [0.717, 1.165) is 5.56 Å². The fraction of sp³-hybridized carbons (Fsp3) is 0.355. The van der Waals surface area contributed by atoms with Gasteiger partial charge in [0.2, 0.25) is 23.6 Å². The van der Waals surface area contributed by atoms with Crippen LogP contribution in [-0.4, -0.2) is 84.5 Å². The number of amides is 6. The summed E-state index contributed by atoms with van der Waals surface area (Å²) in [4.78, 5) is 95.9. The van der Waals surface area contributed by atoms with E-state index in [0.29, 0.717) is 31.2 Å². The molecular formula is C31H38N6O9. The van der Waals surface area contributed by atoms with Gasteiger partial charge in [-0.05, 0) is 62.9 Å². The van der Waals surface area contributed by atoms with Crippen molar-refractivity contribution in [1.29, 1.82) is 0 Å². The van der Waals surface area contributed by atoms with Crippen LogP contribution in [0.1, 0.15) is 68.7 Å². The molecule has 0 aliphatic carbocycles. The van der Waals surface area contributed by atoms with Crippen LogP contribution in [0.25, 0.3) is 0 Å². The Bertz CT molecular complexity index is 1450. The van der Waals surface area contributed by atoms with Crippen molar-refractivity contribution in [3.8, 4) is 0 Å². The minimum Gasteiger partial charge on any atom is -0.480 e. The molecule has 46 heavy (non-hydrogen) atoms. The lowest BCUT2D eigenvalue weighted by molar-refractivity contribution is -0.142. The standard InChI is InChI=1S/C31H38N6O9/c1-19-7-4-9-21(15-19)28(42)33-13-3-2-11-24(31(45)46)37-26(40)18-35-30(44)23(12-6-14-38)36-25(39)17-34-29(43)22-10-5-8-20(16-22)27(32)41/h4-5,7-10,14-16,23-24H,2-3,6,11-13,17-18H2,1H3,(H2,32,41)(H,33,42)(H,34,43)(H,35,44)(H,36,39)(H,37,40)(H,45,46)/t23-,24?/m1/s1. The molecule has 0 aromatic heterocycles. The first-order valence-corrected chi connectivity index (χ1v) is 14.5. The van der Waals surface area contributed by atoms with Gasteiger partial charge in [-0.3, -0.25) is 28.8 Å². The molecule has 15 nitrogen and oxygen atoms in total. The molecule has 246 valence electrons. The predicted molar refractivity (Wildman–Crippen MR) is 164 cm³/mol. The van der Waals surface area contributed by atoms with Crippen molar-refractivity contribution in [2.75, 3.05) is 19.6 Å². The molecule has 0 bridgehead atoms. The third-order valence-corrected chi connectivity index (χ3v) is 6.59. The number of aliphatic carboxylic acids is 1. The second kappa shape index (κ2) is 18.9. The predicted octanol–water partition coefficient (Wildman–Crippen LogP) is -0.426. The van der Waals surface area contributed by atoms with Crippen LogP contribution in [0.3, 0.4) is 0 Å². The molecule has 2 aromatic rings. The molecule has 2 rings (SSSR count). The van der Waals surface area contributed by atoms with E-state index in [-0.39, 0.29) is 36.3 Å². The van der Waals surface area contributed by atoms with Crippen molar-refractivity contribution < 1.29 is 43.5 Å². The number of carbonyl (C=O) groups excluding carboxylic acids is 7. The van der Waals surface area contributed by atoms with Gasteiger partial charge in [-0.25, -0.2) is 4.79 Å². The van der Waals surface area contributed by atoms with E-state index in [1.54, 1.807) is 18.2 Å². The van der Waals surface area contributed by atoms with E-state index in [1.165, 1.54) is 24.3 Å². The molecule has 0 saturated carbocycles. The van der Waals surface area contributed by atoms with Gasteiger partial charge in [0, 0.05) is 29.7 Å². The van der Waals surface area contributed by atoms with Gasteiger partial charge in [-0.2, -0.15) is 0 Å². The van der Waals surface area contributed by atoms with Gasteiger partial charge < -0.3 is 42.2 Å². The smallest absolute Gasteiger partial charge is 0.326 e. The molecule has 0 aliphatic rings. The molecule has 2 atom stereocenters. The minimum atomic E-state index is -1.28. The van der Waals surface area contributed by atoms with Gasteiger partial charge in [0.05, 0.1) is 13.1 Å². The number of carbonyl (C=O) groups is 8. The van der Waals surface area contributed by atoms with Crippen molar-refractivity contribution >= 4 is 47.7 Å². The maximum absolute atomic E-state index is 12.7. The molecule has 0 saturated heterocycles. The summed E-state index contributed by atoms with van der Waals surface area (Å²) in [5, 5.41) is 21.6. The number of carboxylic acid groups (broad SMARTS) is 1. The fourth-order valence-electron chi connectivity index (χ4n) is 4.18. The summed E-state index contributed by atoms with van der Waals surface area (Å²) in [5.41, 5.74) is 6.84. The topological polar surface area (TPSA) is 243 Å². The zero-order chi connectivity index (χ0) is 34.1. The average Bonchev–Trinajstić information content (AvgIpc) is 3.03. The van der Waals surface area contributed by atoms with Crippen LogP contribution in [-0.2, 0) is 24.0 Å². The molecule has 0 fully saturated rings. The van der Waals surface area contributed by atoms with Gasteiger partial charge in [0.25, 0.3) is 11.8 Å². The van der Waals surface area contributed by atoms with Gasteiger partial charge in [-0.15, -0.1) is 0 Å². The second-order valence-electron chi connectivity index (χ2n) is 10.3. The van der Waals surface area contributed by atoms with Gasteiger partial charge in [0.1, 0.15) is 18.4 Å². The summed E-state index contributed by atoms with van der Waals surface area (Å²) in [5.74, 6) is -5.30. The van der Waals surface area contributed by atoms with Crippen molar-refractivity contribution in [1.82, 2.24) is 26.6 Å². The van der Waals surface area contributed by atoms with Crippen LogP contribution in [0.15, 0.2) is 48.5 Å². The normalized spacial score (nSPS) is 11.7. The van der Waals surface area contributed by atoms with E-state index in [1.807, 2.05) is 13.0 Å². The number of rotatable bonds is 19. The molecule has 0 radical (unpaired) electrons. The Kier molecular flexibility index (Phi) is 15.1. The van der Waals surface area contributed by atoms with E-state index in [4.69, 9.17) is 5.73 Å². The Hall–Kier alpha value is -5.60. The average molecular weight is 639 g/mol. The number of nitrogens with one attached hydrogen (secondary N) is 5. The first-order chi connectivity index (χ1) is 21.9. The molecule has 0 aliphatic heterocycles. The van der Waals surface area contributed by atoms with Crippen LogP contribution in [0.5, 0.6) is 0 Å². The van der Waals surface area contributed by atoms with E-state index < -0.39 is 60.7 Å². The first kappa shape index (κ1) is 36.6. The SMILES string of the molecule is Cc1cccc(C(=O)NCCCCC(NC(=O)CNC(=O)[C@@H](CCC=O)NC(=O)CNC(=O)c2cccc(C(N)=O)c2)C(=O)O)c1. The molecule has 2 aromatic carbocycles. The Labute approximate surface area is 265 Å². The highest BCUT2D eigenvalue weighted by Crippen LogP contribution is 2.06. The van der Waals surface area contributed by atoms with E-state index in [2.05, 4.69) is 26.6 Å². The Morgan fingerprint density at radius 1 is 0.761 bits per heavy atom. The number of aryl methyl sites for hydroxylation is 1. The van der Waals surface area contributed by atoms with Crippen molar-refractivity contribution in [3.05, 3.63) is 70.8 Å². The quantitative estimate of drug-likeness (QED) is 0.0779. The molecule has 15 heteroatoms.